The summed E-state index contributed by atoms with van der Waals surface area (Å²) < 4.78 is 1.72. The zero-order valence-electron chi connectivity index (χ0n) is 16.2. The van der Waals surface area contributed by atoms with E-state index in [2.05, 4.69) is 34.5 Å². The highest BCUT2D eigenvalue weighted by molar-refractivity contribution is 5.93. The van der Waals surface area contributed by atoms with Crippen LogP contribution in [0.5, 0.6) is 0 Å². The summed E-state index contributed by atoms with van der Waals surface area (Å²) in [4.78, 5) is 18.5. The molecular formula is C21H25N5O. The van der Waals surface area contributed by atoms with Crippen LogP contribution in [-0.4, -0.2) is 39.2 Å². The van der Waals surface area contributed by atoms with Gasteiger partial charge in [0.15, 0.2) is 0 Å². The fourth-order valence-corrected chi connectivity index (χ4v) is 3.06. The van der Waals surface area contributed by atoms with Crippen molar-refractivity contribution in [1.82, 2.24) is 19.7 Å². The zero-order chi connectivity index (χ0) is 19.4. The van der Waals surface area contributed by atoms with Crippen LogP contribution in [0.4, 0.5) is 5.69 Å². The third-order valence-electron chi connectivity index (χ3n) is 4.86. The second kappa shape index (κ2) is 8.14. The lowest BCUT2D eigenvalue weighted by molar-refractivity contribution is -0.117. The molecule has 0 aliphatic rings. The Kier molecular flexibility index (Phi) is 5.66. The van der Waals surface area contributed by atoms with Gasteiger partial charge in [-0.1, -0.05) is 30.3 Å². The second-order valence-electron chi connectivity index (χ2n) is 6.84. The highest BCUT2D eigenvalue weighted by atomic mass is 16.2. The molecule has 0 aliphatic heterocycles. The number of amides is 1. The molecule has 6 nitrogen and oxygen atoms in total. The van der Waals surface area contributed by atoms with Crippen molar-refractivity contribution in [3.05, 3.63) is 71.8 Å². The number of aromatic nitrogens is 3. The smallest absolute Gasteiger partial charge is 0.238 e. The summed E-state index contributed by atoms with van der Waals surface area (Å²) in [7, 11) is 1.96. The number of anilines is 1. The summed E-state index contributed by atoms with van der Waals surface area (Å²) in [6.45, 7) is 6.42. The number of hydrogen-bond acceptors (Lipinski definition) is 4. The first kappa shape index (κ1) is 18.8. The lowest BCUT2D eigenvalue weighted by Crippen LogP contribution is -2.32. The molecule has 1 atom stereocenters. The van der Waals surface area contributed by atoms with Crippen LogP contribution in [0.1, 0.15) is 29.7 Å². The van der Waals surface area contributed by atoms with Gasteiger partial charge in [0.2, 0.25) is 5.91 Å². The average Bonchev–Trinajstić information content (AvgIpc) is 3.19. The van der Waals surface area contributed by atoms with Gasteiger partial charge in [-0.25, -0.2) is 9.67 Å². The van der Waals surface area contributed by atoms with Gasteiger partial charge in [-0.15, -0.1) is 0 Å². The summed E-state index contributed by atoms with van der Waals surface area (Å²) in [5.41, 5.74) is 5.14. The zero-order valence-corrected chi connectivity index (χ0v) is 16.2. The van der Waals surface area contributed by atoms with Crippen LogP contribution >= 0.6 is 0 Å². The monoisotopic (exact) mass is 363 g/mol. The molecule has 0 unspecified atom stereocenters. The van der Waals surface area contributed by atoms with Crippen LogP contribution in [0.3, 0.4) is 0 Å². The molecule has 0 bridgehead atoms. The molecule has 1 N–H and O–H groups in total. The van der Waals surface area contributed by atoms with Crippen molar-refractivity contribution in [2.45, 2.75) is 26.8 Å². The van der Waals surface area contributed by atoms with Crippen LogP contribution in [0, 0.1) is 13.8 Å². The normalized spacial score (nSPS) is 12.2. The number of likely N-dealkylation sites (N-methyl/N-ethyl adjacent to an activating group) is 1. The molecule has 0 aliphatic carbocycles. The Morgan fingerprint density at radius 1 is 1.15 bits per heavy atom. The first-order valence-electron chi connectivity index (χ1n) is 8.97. The molecule has 1 amide bonds. The van der Waals surface area contributed by atoms with Crippen LogP contribution < -0.4 is 5.32 Å². The van der Waals surface area contributed by atoms with E-state index in [-0.39, 0.29) is 11.9 Å². The van der Waals surface area contributed by atoms with Gasteiger partial charge in [-0.3, -0.25) is 9.69 Å². The highest BCUT2D eigenvalue weighted by Crippen LogP contribution is 2.22. The van der Waals surface area contributed by atoms with Crippen molar-refractivity contribution in [1.29, 1.82) is 0 Å². The van der Waals surface area contributed by atoms with E-state index in [9.17, 15) is 4.79 Å². The minimum absolute atomic E-state index is 0.0130. The maximum atomic E-state index is 12.5. The Balaban J connectivity index is 1.63. The van der Waals surface area contributed by atoms with Gasteiger partial charge in [0, 0.05) is 11.7 Å². The van der Waals surface area contributed by atoms with E-state index in [1.807, 2.05) is 56.1 Å². The van der Waals surface area contributed by atoms with Crippen molar-refractivity contribution < 1.29 is 4.79 Å². The lowest BCUT2D eigenvalue weighted by atomic mass is 10.1. The molecule has 0 fully saturated rings. The fraction of sp³-hybridized carbons (Fsp3) is 0.286. The van der Waals surface area contributed by atoms with Gasteiger partial charge in [-0.05, 0) is 56.6 Å². The third-order valence-corrected chi connectivity index (χ3v) is 4.86. The van der Waals surface area contributed by atoms with E-state index in [1.165, 1.54) is 6.33 Å². The number of nitrogens with one attached hydrogen (secondary N) is 1. The second-order valence-corrected chi connectivity index (χ2v) is 6.84. The standard InChI is InChI=1S/C21H25N5O/c1-15-6-5-7-16(2)21(15)24-20(27)12-25(4)17(3)18-8-10-19(11-9-18)26-14-22-13-23-26/h5-11,13-14,17H,12H2,1-4H3,(H,24,27)/t17-/m0/s1. The van der Waals surface area contributed by atoms with E-state index < -0.39 is 0 Å². The highest BCUT2D eigenvalue weighted by Gasteiger charge is 2.16. The predicted octanol–water partition coefficient (Wildman–Crippen LogP) is 3.52. The number of carbonyl (C=O) groups is 1. The molecule has 0 saturated carbocycles. The first-order valence-corrected chi connectivity index (χ1v) is 8.97. The van der Waals surface area contributed by atoms with Crippen LogP contribution in [0.25, 0.3) is 5.69 Å². The SMILES string of the molecule is Cc1cccc(C)c1NC(=O)CN(C)[C@@H](C)c1ccc(-n2cncn2)cc1. The maximum Gasteiger partial charge on any atom is 0.238 e. The van der Waals surface area contributed by atoms with Gasteiger partial charge in [0.05, 0.1) is 12.2 Å². The Labute approximate surface area is 159 Å². The van der Waals surface area contributed by atoms with Crippen molar-refractivity contribution in [3.8, 4) is 5.69 Å². The first-order chi connectivity index (χ1) is 13.0. The van der Waals surface area contributed by atoms with Crippen LogP contribution in [0.15, 0.2) is 55.1 Å². The van der Waals surface area contributed by atoms with Gasteiger partial charge in [0.25, 0.3) is 0 Å². The van der Waals surface area contributed by atoms with Crippen LogP contribution in [-0.2, 0) is 4.79 Å². The summed E-state index contributed by atoms with van der Waals surface area (Å²) in [5.74, 6) is -0.0130. The van der Waals surface area contributed by atoms with Crippen molar-refractivity contribution in [2.24, 2.45) is 0 Å². The van der Waals surface area contributed by atoms with E-state index in [0.717, 1.165) is 28.1 Å². The maximum absolute atomic E-state index is 12.5. The summed E-state index contributed by atoms with van der Waals surface area (Å²) in [6, 6.07) is 14.2. The molecule has 0 spiro atoms. The van der Waals surface area contributed by atoms with E-state index in [1.54, 1.807) is 11.0 Å². The quantitative estimate of drug-likeness (QED) is 0.728. The molecular weight excluding hydrogens is 338 g/mol. The largest absolute Gasteiger partial charge is 0.324 e. The van der Waals surface area contributed by atoms with Gasteiger partial charge >= 0.3 is 0 Å². The molecule has 27 heavy (non-hydrogen) atoms. The Bertz CT molecular complexity index is 883. The number of nitrogens with zero attached hydrogens (tertiary/aromatic N) is 4. The minimum Gasteiger partial charge on any atom is -0.324 e. The molecule has 1 heterocycles. The number of aryl methyl sites for hydroxylation is 2. The number of hydrogen-bond donors (Lipinski definition) is 1. The Morgan fingerprint density at radius 3 is 2.41 bits per heavy atom. The number of carbonyl (C=O) groups excluding carboxylic acids is 1. The van der Waals surface area contributed by atoms with Crippen molar-refractivity contribution in [2.75, 3.05) is 18.9 Å². The fourth-order valence-electron chi connectivity index (χ4n) is 3.06. The van der Waals surface area contributed by atoms with E-state index in [0.29, 0.717) is 6.54 Å². The minimum atomic E-state index is -0.0130. The number of rotatable bonds is 6. The number of benzene rings is 2. The lowest BCUT2D eigenvalue weighted by Gasteiger charge is -2.25. The molecule has 3 aromatic rings. The average molecular weight is 363 g/mol. The molecule has 0 radical (unpaired) electrons. The van der Waals surface area contributed by atoms with E-state index >= 15 is 0 Å². The Hall–Kier alpha value is -2.99. The molecule has 3 rings (SSSR count). The Morgan fingerprint density at radius 2 is 1.81 bits per heavy atom. The van der Waals surface area contributed by atoms with Gasteiger partial charge in [-0.2, -0.15) is 5.10 Å². The summed E-state index contributed by atoms with van der Waals surface area (Å²) in [6.07, 6.45) is 3.18. The summed E-state index contributed by atoms with van der Waals surface area (Å²) in [5, 5.41) is 7.18. The van der Waals surface area contributed by atoms with Crippen molar-refractivity contribution >= 4 is 11.6 Å². The summed E-state index contributed by atoms with van der Waals surface area (Å²) >= 11 is 0. The topological polar surface area (TPSA) is 63.1 Å². The predicted molar refractivity (Wildman–Crippen MR) is 107 cm³/mol. The molecule has 140 valence electrons. The third kappa shape index (κ3) is 4.41. The molecule has 6 heteroatoms. The van der Waals surface area contributed by atoms with E-state index in [4.69, 9.17) is 0 Å². The van der Waals surface area contributed by atoms with Crippen LogP contribution in [0.2, 0.25) is 0 Å². The van der Waals surface area contributed by atoms with Gasteiger partial charge < -0.3 is 5.32 Å². The molecule has 2 aromatic carbocycles. The van der Waals surface area contributed by atoms with Gasteiger partial charge in [0.1, 0.15) is 12.7 Å². The molecule has 0 saturated heterocycles. The number of para-hydroxylation sites is 1. The molecule has 1 aromatic heterocycles. The van der Waals surface area contributed by atoms with Crippen molar-refractivity contribution in [3.63, 3.8) is 0 Å².